The van der Waals surface area contributed by atoms with Gasteiger partial charge in [-0.25, -0.2) is 4.79 Å². The Morgan fingerprint density at radius 2 is 1.86 bits per heavy atom. The van der Waals surface area contributed by atoms with Gasteiger partial charge in [0.25, 0.3) is 11.6 Å². The lowest BCUT2D eigenvalue weighted by molar-refractivity contribution is -0.385. The van der Waals surface area contributed by atoms with Crippen LogP contribution in [0.4, 0.5) is 11.4 Å². The summed E-state index contributed by atoms with van der Waals surface area (Å²) in [7, 11) is 2.60. The molecule has 0 saturated carbocycles. The molecular weight excluding hydrogens is 368 g/mol. The lowest BCUT2D eigenvalue weighted by Crippen LogP contribution is -2.16. The van der Waals surface area contributed by atoms with Crippen molar-refractivity contribution in [2.24, 2.45) is 0 Å². The van der Waals surface area contributed by atoms with Gasteiger partial charge in [0.2, 0.25) is 0 Å². The number of nitro benzene ring substituents is 1. The van der Waals surface area contributed by atoms with Crippen molar-refractivity contribution in [2.45, 2.75) is 13.8 Å². The smallest absolute Gasteiger partial charge is 0.337 e. The lowest BCUT2D eigenvalue weighted by atomic mass is 10.1. The van der Waals surface area contributed by atoms with E-state index >= 15 is 0 Å². The van der Waals surface area contributed by atoms with Gasteiger partial charge in [0.05, 0.1) is 37.4 Å². The Hall–Kier alpha value is -3.62. The van der Waals surface area contributed by atoms with Crippen molar-refractivity contribution in [2.75, 3.05) is 26.1 Å². The fraction of sp³-hybridized carbons (Fsp3) is 0.263. The minimum absolute atomic E-state index is 0.147. The van der Waals surface area contributed by atoms with Gasteiger partial charge >= 0.3 is 5.97 Å². The fourth-order valence-electron chi connectivity index (χ4n) is 2.50. The number of nitrogens with zero attached hydrogens (tertiary/aromatic N) is 1. The summed E-state index contributed by atoms with van der Waals surface area (Å²) in [4.78, 5) is 35.2. The maximum atomic E-state index is 12.8. The predicted molar refractivity (Wildman–Crippen MR) is 101 cm³/mol. The van der Waals surface area contributed by atoms with Crippen LogP contribution >= 0.6 is 0 Å². The molecular formula is C19H20N2O7. The number of aryl methyl sites for hydroxylation is 1. The number of nitrogens with one attached hydrogen (secondary N) is 1. The Balaban J connectivity index is 2.47. The molecule has 0 aliphatic heterocycles. The summed E-state index contributed by atoms with van der Waals surface area (Å²) in [5.41, 5.74) is 0.609. The first-order chi connectivity index (χ1) is 13.3. The molecule has 2 aromatic rings. The molecule has 28 heavy (non-hydrogen) atoms. The molecule has 0 saturated heterocycles. The van der Waals surface area contributed by atoms with Crippen LogP contribution in [0.1, 0.15) is 33.2 Å². The lowest BCUT2D eigenvalue weighted by Gasteiger charge is -2.13. The van der Waals surface area contributed by atoms with Gasteiger partial charge in [0.1, 0.15) is 5.56 Å². The monoisotopic (exact) mass is 388 g/mol. The van der Waals surface area contributed by atoms with Gasteiger partial charge in [-0.15, -0.1) is 0 Å². The first-order valence-corrected chi connectivity index (χ1v) is 8.31. The molecule has 0 bridgehead atoms. The van der Waals surface area contributed by atoms with Gasteiger partial charge in [0.15, 0.2) is 11.5 Å². The summed E-state index contributed by atoms with van der Waals surface area (Å²) in [5.74, 6) is -0.931. The van der Waals surface area contributed by atoms with E-state index in [1.54, 1.807) is 26.0 Å². The Bertz CT molecular complexity index is 925. The molecule has 0 fully saturated rings. The largest absolute Gasteiger partial charge is 0.493 e. The van der Waals surface area contributed by atoms with E-state index in [1.165, 1.54) is 26.4 Å². The number of benzene rings is 2. The third-order valence-corrected chi connectivity index (χ3v) is 3.93. The topological polar surface area (TPSA) is 117 Å². The molecule has 0 atom stereocenters. The van der Waals surface area contributed by atoms with E-state index in [0.717, 1.165) is 6.07 Å². The third-order valence-electron chi connectivity index (χ3n) is 3.93. The first kappa shape index (κ1) is 20.7. The zero-order valence-electron chi connectivity index (χ0n) is 15.9. The summed E-state index contributed by atoms with van der Waals surface area (Å²) in [6, 6.07) is 7.03. The summed E-state index contributed by atoms with van der Waals surface area (Å²) in [5, 5.41) is 14.0. The minimum atomic E-state index is -0.722. The number of methoxy groups -OCH3 is 2. The van der Waals surface area contributed by atoms with Gasteiger partial charge in [-0.3, -0.25) is 14.9 Å². The van der Waals surface area contributed by atoms with Crippen molar-refractivity contribution in [3.8, 4) is 11.5 Å². The minimum Gasteiger partial charge on any atom is -0.493 e. The van der Waals surface area contributed by atoms with E-state index in [-0.39, 0.29) is 29.2 Å². The molecule has 1 amide bonds. The van der Waals surface area contributed by atoms with Crippen LogP contribution in [0.3, 0.4) is 0 Å². The zero-order valence-corrected chi connectivity index (χ0v) is 15.9. The van der Waals surface area contributed by atoms with E-state index in [2.05, 4.69) is 10.1 Å². The van der Waals surface area contributed by atoms with Crippen LogP contribution in [0.25, 0.3) is 0 Å². The number of hydrogen-bond acceptors (Lipinski definition) is 7. The molecule has 9 nitrogen and oxygen atoms in total. The molecule has 0 heterocycles. The number of carbonyl (C=O) groups is 2. The maximum Gasteiger partial charge on any atom is 0.337 e. The second-order valence-electron chi connectivity index (χ2n) is 5.69. The Morgan fingerprint density at radius 3 is 2.43 bits per heavy atom. The summed E-state index contributed by atoms with van der Waals surface area (Å²) in [6.45, 7) is 3.75. The van der Waals surface area contributed by atoms with Crippen molar-refractivity contribution >= 4 is 23.3 Å². The molecule has 0 unspecified atom stereocenters. The van der Waals surface area contributed by atoms with Crippen molar-refractivity contribution in [1.82, 2.24) is 0 Å². The first-order valence-electron chi connectivity index (χ1n) is 8.31. The van der Waals surface area contributed by atoms with Crippen LogP contribution in [0.15, 0.2) is 30.3 Å². The normalized spacial score (nSPS) is 10.1. The molecule has 0 aliphatic carbocycles. The van der Waals surface area contributed by atoms with Gasteiger partial charge in [0, 0.05) is 11.8 Å². The second kappa shape index (κ2) is 8.85. The highest BCUT2D eigenvalue weighted by atomic mass is 16.6. The Kier molecular flexibility index (Phi) is 6.54. The average Bonchev–Trinajstić information content (AvgIpc) is 2.68. The predicted octanol–water partition coefficient (Wildman–Crippen LogP) is 3.35. The maximum absolute atomic E-state index is 12.8. The molecule has 0 spiro atoms. The van der Waals surface area contributed by atoms with Crippen molar-refractivity contribution in [3.63, 3.8) is 0 Å². The van der Waals surface area contributed by atoms with Crippen molar-refractivity contribution in [3.05, 3.63) is 57.1 Å². The van der Waals surface area contributed by atoms with Gasteiger partial charge in [-0.05, 0) is 31.5 Å². The standard InChI is InChI=1S/C19H20N2O7/c1-5-28-17-9-13(15(21(24)25)10-16(17)26-3)18(22)20-14-8-12(19(23)27-4)7-6-11(14)2/h6-10H,5H2,1-4H3,(H,20,22). The van der Waals surface area contributed by atoms with E-state index in [0.29, 0.717) is 11.3 Å². The third kappa shape index (κ3) is 4.37. The van der Waals surface area contributed by atoms with Gasteiger partial charge < -0.3 is 19.5 Å². The van der Waals surface area contributed by atoms with Crippen LogP contribution in [0.5, 0.6) is 11.5 Å². The SMILES string of the molecule is CCOc1cc(C(=O)Nc2cc(C(=O)OC)ccc2C)c([N+](=O)[O-])cc1OC. The van der Waals surface area contributed by atoms with Crippen molar-refractivity contribution < 1.29 is 28.7 Å². The number of ether oxygens (including phenoxy) is 3. The van der Waals surface area contributed by atoms with Crippen LogP contribution < -0.4 is 14.8 Å². The van der Waals surface area contributed by atoms with E-state index in [9.17, 15) is 19.7 Å². The molecule has 0 aliphatic rings. The number of carbonyl (C=O) groups excluding carboxylic acids is 2. The van der Waals surface area contributed by atoms with Crippen LogP contribution in [0.2, 0.25) is 0 Å². The van der Waals surface area contributed by atoms with E-state index < -0.39 is 22.5 Å². The number of anilines is 1. The molecule has 1 N–H and O–H groups in total. The zero-order chi connectivity index (χ0) is 20.8. The molecule has 0 aromatic heterocycles. The summed E-state index contributed by atoms with van der Waals surface area (Å²) >= 11 is 0. The highest BCUT2D eigenvalue weighted by Crippen LogP contribution is 2.35. The highest BCUT2D eigenvalue weighted by Gasteiger charge is 2.25. The van der Waals surface area contributed by atoms with Gasteiger partial charge in [-0.2, -0.15) is 0 Å². The summed E-state index contributed by atoms with van der Waals surface area (Å²) in [6.07, 6.45) is 0. The quantitative estimate of drug-likeness (QED) is 0.439. The van der Waals surface area contributed by atoms with Crippen LogP contribution in [-0.2, 0) is 4.74 Å². The number of rotatable bonds is 7. The van der Waals surface area contributed by atoms with Gasteiger partial charge in [-0.1, -0.05) is 6.07 Å². The molecule has 148 valence electrons. The summed E-state index contributed by atoms with van der Waals surface area (Å²) < 4.78 is 15.2. The Morgan fingerprint density at radius 1 is 1.14 bits per heavy atom. The average molecular weight is 388 g/mol. The second-order valence-corrected chi connectivity index (χ2v) is 5.69. The number of esters is 1. The highest BCUT2D eigenvalue weighted by molar-refractivity contribution is 6.08. The van der Waals surface area contributed by atoms with Crippen LogP contribution in [0, 0.1) is 17.0 Å². The molecule has 2 rings (SSSR count). The van der Waals surface area contributed by atoms with Crippen LogP contribution in [-0.4, -0.2) is 37.6 Å². The fourth-order valence-corrected chi connectivity index (χ4v) is 2.50. The molecule has 0 radical (unpaired) electrons. The number of hydrogen-bond donors (Lipinski definition) is 1. The number of nitro groups is 1. The molecule has 2 aromatic carbocycles. The number of amides is 1. The van der Waals surface area contributed by atoms with E-state index in [4.69, 9.17) is 9.47 Å². The van der Waals surface area contributed by atoms with Crippen molar-refractivity contribution in [1.29, 1.82) is 0 Å². The Labute approximate surface area is 161 Å². The molecule has 9 heteroatoms. The van der Waals surface area contributed by atoms with E-state index in [1.807, 2.05) is 0 Å².